The number of halogens is 2. The predicted octanol–water partition coefficient (Wildman–Crippen LogP) is 5.61. The second kappa shape index (κ2) is 8.96. The summed E-state index contributed by atoms with van der Waals surface area (Å²) in [5, 5.41) is 12.2. The second-order valence-corrected chi connectivity index (χ2v) is 8.75. The van der Waals surface area contributed by atoms with Crippen molar-refractivity contribution in [2.24, 2.45) is 0 Å². The normalized spacial score (nSPS) is 11.2. The van der Waals surface area contributed by atoms with Crippen molar-refractivity contribution in [3.8, 4) is 11.3 Å². The first kappa shape index (κ1) is 22.7. The van der Waals surface area contributed by atoms with E-state index < -0.39 is 5.82 Å². The van der Waals surface area contributed by atoms with Crippen LogP contribution in [0.1, 0.15) is 32.9 Å². The van der Waals surface area contributed by atoms with Crippen LogP contribution in [0.15, 0.2) is 60.9 Å². The molecular formula is C26H22ClFN6O. The summed E-state index contributed by atoms with van der Waals surface area (Å²) in [6.45, 7) is 5.77. The topological polar surface area (TPSA) is 77.1 Å². The van der Waals surface area contributed by atoms with Crippen molar-refractivity contribution in [2.45, 2.75) is 27.3 Å². The molecule has 0 aliphatic carbocycles. The average molecular weight is 489 g/mol. The molecule has 0 atom stereocenters. The number of nitrogens with zero attached hydrogens (tertiary/aromatic N) is 5. The van der Waals surface area contributed by atoms with E-state index >= 15 is 0 Å². The third kappa shape index (κ3) is 4.17. The van der Waals surface area contributed by atoms with Crippen LogP contribution in [0, 0.1) is 26.6 Å². The summed E-state index contributed by atoms with van der Waals surface area (Å²) in [7, 11) is 0. The van der Waals surface area contributed by atoms with Crippen LogP contribution in [-0.4, -0.2) is 30.3 Å². The van der Waals surface area contributed by atoms with Gasteiger partial charge in [0.05, 0.1) is 35.5 Å². The molecule has 0 fully saturated rings. The smallest absolute Gasteiger partial charge is 0.261 e. The average Bonchev–Trinajstić information content (AvgIpc) is 3.39. The number of rotatable bonds is 5. The largest absolute Gasteiger partial charge is 0.319 e. The van der Waals surface area contributed by atoms with E-state index in [0.717, 1.165) is 16.8 Å². The lowest BCUT2D eigenvalue weighted by molar-refractivity contribution is 0.102. The molecule has 0 saturated heterocycles. The second-order valence-electron chi connectivity index (χ2n) is 8.35. The first-order valence-corrected chi connectivity index (χ1v) is 11.4. The molecule has 0 bridgehead atoms. The molecule has 35 heavy (non-hydrogen) atoms. The number of anilines is 1. The number of nitrogens with one attached hydrogen (secondary N) is 1. The number of fused-ring (bicyclic) bond motifs is 1. The monoisotopic (exact) mass is 488 g/mol. The number of hydrogen-bond acceptors (Lipinski definition) is 4. The van der Waals surface area contributed by atoms with Crippen LogP contribution in [0.4, 0.5) is 10.1 Å². The van der Waals surface area contributed by atoms with E-state index in [1.807, 2.05) is 44.2 Å². The van der Waals surface area contributed by atoms with Crippen LogP contribution in [0.5, 0.6) is 0 Å². The molecule has 7 nitrogen and oxygen atoms in total. The summed E-state index contributed by atoms with van der Waals surface area (Å²) in [5.41, 5.74) is 5.92. The molecule has 1 amide bonds. The van der Waals surface area contributed by atoms with Crippen molar-refractivity contribution in [3.63, 3.8) is 0 Å². The SMILES string of the molecule is Cc1ccc(-c2ccnc3c(C(=O)Nc4c(C)nn(Cc5c(F)cccc5Cl)c4C)cnn23)cc1. The molecule has 0 saturated carbocycles. The summed E-state index contributed by atoms with van der Waals surface area (Å²) < 4.78 is 17.6. The maximum Gasteiger partial charge on any atom is 0.261 e. The zero-order chi connectivity index (χ0) is 24.7. The van der Waals surface area contributed by atoms with Crippen LogP contribution in [0.3, 0.4) is 0 Å². The lowest BCUT2D eigenvalue weighted by Gasteiger charge is -2.09. The van der Waals surface area contributed by atoms with Crippen molar-refractivity contribution >= 4 is 28.8 Å². The van der Waals surface area contributed by atoms with Gasteiger partial charge in [0.1, 0.15) is 11.4 Å². The highest BCUT2D eigenvalue weighted by atomic mass is 35.5. The van der Waals surface area contributed by atoms with Crippen molar-refractivity contribution in [3.05, 3.63) is 99.8 Å². The third-order valence-electron chi connectivity index (χ3n) is 5.98. The maximum absolute atomic E-state index is 14.3. The fraction of sp³-hybridized carbons (Fsp3) is 0.154. The molecular weight excluding hydrogens is 467 g/mol. The van der Waals surface area contributed by atoms with E-state index in [9.17, 15) is 9.18 Å². The summed E-state index contributed by atoms with van der Waals surface area (Å²) in [6, 6.07) is 14.5. The molecule has 1 N–H and O–H groups in total. The highest BCUT2D eigenvalue weighted by molar-refractivity contribution is 6.31. The Labute approximate surface area is 206 Å². The molecule has 3 heterocycles. The minimum Gasteiger partial charge on any atom is -0.319 e. The van der Waals surface area contributed by atoms with E-state index in [1.54, 1.807) is 34.5 Å². The van der Waals surface area contributed by atoms with Gasteiger partial charge in [0.25, 0.3) is 5.91 Å². The number of carbonyl (C=O) groups is 1. The molecule has 3 aromatic heterocycles. The van der Waals surface area contributed by atoms with Gasteiger partial charge in [-0.3, -0.25) is 9.48 Å². The van der Waals surface area contributed by atoms with E-state index in [0.29, 0.717) is 38.9 Å². The standard InChI is InChI=1S/C26H22ClFN6O/c1-15-7-9-18(10-8-15)23-11-12-29-25-19(13-30-34(23)25)26(35)31-24-16(2)32-33(17(24)3)14-20-21(27)5-4-6-22(20)28/h4-13H,14H2,1-3H3,(H,31,35). The minimum atomic E-state index is -0.405. The van der Waals surface area contributed by atoms with Crippen LogP contribution >= 0.6 is 11.6 Å². The Balaban J connectivity index is 1.45. The Morgan fingerprint density at radius 2 is 1.86 bits per heavy atom. The Bertz CT molecular complexity index is 1550. The Morgan fingerprint density at radius 3 is 2.60 bits per heavy atom. The molecule has 0 spiro atoms. The van der Waals surface area contributed by atoms with Crippen LogP contribution in [-0.2, 0) is 6.54 Å². The van der Waals surface area contributed by atoms with Gasteiger partial charge in [-0.2, -0.15) is 10.2 Å². The molecule has 0 unspecified atom stereocenters. The van der Waals surface area contributed by atoms with Crippen molar-refractivity contribution < 1.29 is 9.18 Å². The molecule has 9 heteroatoms. The Hall–Kier alpha value is -4.04. The van der Waals surface area contributed by atoms with Gasteiger partial charge in [-0.25, -0.2) is 13.9 Å². The van der Waals surface area contributed by atoms with E-state index in [4.69, 9.17) is 11.6 Å². The quantitative estimate of drug-likeness (QED) is 0.349. The molecule has 2 aromatic carbocycles. The fourth-order valence-electron chi connectivity index (χ4n) is 4.04. The zero-order valence-corrected chi connectivity index (χ0v) is 20.1. The summed E-state index contributed by atoms with van der Waals surface area (Å²) >= 11 is 6.18. The number of carbonyl (C=O) groups excluding carboxylic acids is 1. The van der Waals surface area contributed by atoms with Gasteiger partial charge in [0, 0.05) is 22.3 Å². The van der Waals surface area contributed by atoms with Crippen molar-refractivity contribution in [1.82, 2.24) is 24.4 Å². The Kier molecular flexibility index (Phi) is 5.82. The van der Waals surface area contributed by atoms with E-state index in [-0.39, 0.29) is 12.5 Å². The minimum absolute atomic E-state index is 0.145. The van der Waals surface area contributed by atoms with E-state index in [1.165, 1.54) is 12.3 Å². The van der Waals surface area contributed by atoms with Gasteiger partial charge >= 0.3 is 0 Å². The third-order valence-corrected chi connectivity index (χ3v) is 6.34. The maximum atomic E-state index is 14.3. The van der Waals surface area contributed by atoms with Crippen LogP contribution in [0.25, 0.3) is 16.9 Å². The lowest BCUT2D eigenvalue weighted by Crippen LogP contribution is -2.14. The molecule has 5 aromatic rings. The van der Waals surface area contributed by atoms with Gasteiger partial charge in [-0.05, 0) is 39.0 Å². The van der Waals surface area contributed by atoms with Crippen LogP contribution < -0.4 is 5.32 Å². The highest BCUT2D eigenvalue weighted by Gasteiger charge is 2.21. The zero-order valence-electron chi connectivity index (χ0n) is 19.4. The van der Waals surface area contributed by atoms with Gasteiger partial charge in [-0.1, -0.05) is 47.5 Å². The summed E-state index contributed by atoms with van der Waals surface area (Å²) in [5.74, 6) is -0.763. The molecule has 5 rings (SSSR count). The van der Waals surface area contributed by atoms with Crippen molar-refractivity contribution in [1.29, 1.82) is 0 Å². The van der Waals surface area contributed by atoms with Gasteiger partial charge < -0.3 is 5.32 Å². The molecule has 176 valence electrons. The molecule has 0 radical (unpaired) electrons. The number of hydrogen-bond donors (Lipinski definition) is 1. The molecule has 0 aliphatic rings. The number of aromatic nitrogens is 5. The number of benzene rings is 2. The number of aryl methyl sites for hydroxylation is 2. The van der Waals surface area contributed by atoms with Gasteiger partial charge in [0.15, 0.2) is 5.65 Å². The van der Waals surface area contributed by atoms with Gasteiger partial charge in [-0.15, -0.1) is 0 Å². The molecule has 0 aliphatic heterocycles. The first-order valence-electron chi connectivity index (χ1n) is 11.0. The van der Waals surface area contributed by atoms with Gasteiger partial charge in [0.2, 0.25) is 0 Å². The summed E-state index contributed by atoms with van der Waals surface area (Å²) in [4.78, 5) is 17.6. The Morgan fingerprint density at radius 1 is 1.09 bits per heavy atom. The predicted molar refractivity (Wildman–Crippen MR) is 133 cm³/mol. The van der Waals surface area contributed by atoms with Crippen LogP contribution in [0.2, 0.25) is 5.02 Å². The lowest BCUT2D eigenvalue weighted by atomic mass is 10.1. The number of amides is 1. The van der Waals surface area contributed by atoms with E-state index in [2.05, 4.69) is 20.5 Å². The fourth-order valence-corrected chi connectivity index (χ4v) is 4.26. The first-order chi connectivity index (χ1) is 16.8. The highest BCUT2D eigenvalue weighted by Crippen LogP contribution is 2.26. The summed E-state index contributed by atoms with van der Waals surface area (Å²) in [6.07, 6.45) is 3.17. The van der Waals surface area contributed by atoms with Crippen molar-refractivity contribution in [2.75, 3.05) is 5.32 Å².